The summed E-state index contributed by atoms with van der Waals surface area (Å²) in [5.41, 5.74) is 0. The Labute approximate surface area is 166 Å². The van der Waals surface area contributed by atoms with Gasteiger partial charge in [0.1, 0.15) is 6.04 Å². The lowest BCUT2D eigenvalue weighted by Gasteiger charge is -2.24. The van der Waals surface area contributed by atoms with Crippen molar-refractivity contribution in [2.45, 2.75) is 97.6 Å². The van der Waals surface area contributed by atoms with E-state index in [0.29, 0.717) is 12.3 Å². The Hall–Kier alpha value is -1.36. The number of carbonyl (C=O) groups excluding carboxylic acids is 1. The molecule has 0 heterocycles. The van der Waals surface area contributed by atoms with E-state index in [-0.39, 0.29) is 17.9 Å². The topological polar surface area (TPSA) is 78.4 Å². The molecule has 27 heavy (non-hydrogen) atoms. The number of carboxylic acid groups (broad SMARTS) is 1. The molecule has 1 amide bonds. The van der Waals surface area contributed by atoms with Crippen LogP contribution in [0.25, 0.3) is 0 Å². The molecule has 0 aliphatic rings. The van der Waals surface area contributed by atoms with Crippen molar-refractivity contribution >= 4 is 11.9 Å². The summed E-state index contributed by atoms with van der Waals surface area (Å²) in [7, 11) is 0. The fraction of sp³-hybridized carbons (Fsp3) is 0.818. The smallest absolute Gasteiger partial charge is 0.326 e. The molecule has 0 spiro atoms. The number of carbonyl (C=O) groups is 2. The molecule has 0 rings (SSSR count). The van der Waals surface area contributed by atoms with Crippen LogP contribution in [0.15, 0.2) is 12.7 Å². The van der Waals surface area contributed by atoms with E-state index in [1.165, 1.54) is 32.1 Å². The van der Waals surface area contributed by atoms with Gasteiger partial charge in [-0.3, -0.25) is 4.79 Å². The zero-order chi connectivity index (χ0) is 20.7. The van der Waals surface area contributed by atoms with Crippen LogP contribution in [0.1, 0.15) is 85.5 Å². The molecule has 5 nitrogen and oxygen atoms in total. The van der Waals surface area contributed by atoms with Gasteiger partial charge in [-0.25, -0.2) is 4.79 Å². The minimum atomic E-state index is -0.977. The van der Waals surface area contributed by atoms with E-state index in [1.807, 2.05) is 6.08 Å². The number of hydrogen-bond donors (Lipinski definition) is 3. The molecular formula is C22H42N2O3. The van der Waals surface area contributed by atoms with Crippen molar-refractivity contribution in [2.24, 2.45) is 11.8 Å². The molecule has 158 valence electrons. The highest BCUT2D eigenvalue weighted by atomic mass is 16.4. The second kappa shape index (κ2) is 15.7. The van der Waals surface area contributed by atoms with Crippen molar-refractivity contribution in [3.63, 3.8) is 0 Å². The van der Waals surface area contributed by atoms with Crippen LogP contribution in [0.2, 0.25) is 0 Å². The molecule has 0 bridgehead atoms. The Kier molecular flexibility index (Phi) is 14.9. The Morgan fingerprint density at radius 1 is 0.963 bits per heavy atom. The van der Waals surface area contributed by atoms with Crippen molar-refractivity contribution < 1.29 is 14.7 Å². The lowest BCUT2D eigenvalue weighted by atomic mass is 10.0. The molecule has 0 aromatic carbocycles. The Bertz CT molecular complexity index is 422. The summed E-state index contributed by atoms with van der Waals surface area (Å²) in [5, 5.41) is 15.3. The zero-order valence-electron chi connectivity index (χ0n) is 17.9. The third-order valence-electron chi connectivity index (χ3n) is 4.73. The van der Waals surface area contributed by atoms with Gasteiger partial charge in [-0.15, -0.1) is 6.58 Å². The number of amides is 1. The number of rotatable bonds is 17. The summed E-state index contributed by atoms with van der Waals surface area (Å²) >= 11 is 0. The first-order valence-electron chi connectivity index (χ1n) is 10.7. The first-order valence-corrected chi connectivity index (χ1v) is 10.7. The largest absolute Gasteiger partial charge is 0.480 e. The molecule has 0 aromatic heterocycles. The Balaban J connectivity index is 4.17. The molecule has 3 N–H and O–H groups in total. The van der Waals surface area contributed by atoms with Crippen LogP contribution in [0.5, 0.6) is 0 Å². The van der Waals surface area contributed by atoms with Gasteiger partial charge < -0.3 is 15.7 Å². The quantitative estimate of drug-likeness (QED) is 0.255. The van der Waals surface area contributed by atoms with Crippen LogP contribution in [0, 0.1) is 11.8 Å². The molecule has 0 aromatic rings. The highest BCUT2D eigenvalue weighted by Gasteiger charge is 2.27. The lowest BCUT2D eigenvalue weighted by Crippen LogP contribution is -2.52. The van der Waals surface area contributed by atoms with Gasteiger partial charge in [0.2, 0.25) is 5.91 Å². The van der Waals surface area contributed by atoms with Gasteiger partial charge in [0, 0.05) is 0 Å². The summed E-state index contributed by atoms with van der Waals surface area (Å²) in [5.74, 6) is -0.953. The molecule has 0 unspecified atom stereocenters. The fourth-order valence-corrected chi connectivity index (χ4v) is 3.10. The van der Waals surface area contributed by atoms with Gasteiger partial charge in [-0.1, -0.05) is 65.9 Å². The maximum absolute atomic E-state index is 12.5. The third kappa shape index (κ3) is 13.5. The first-order chi connectivity index (χ1) is 12.8. The molecule has 0 fully saturated rings. The van der Waals surface area contributed by atoms with Crippen LogP contribution < -0.4 is 10.6 Å². The standard InChI is InChI=1S/C22H42N2O3/c1-6-7-8-9-10-11-12-13-14-15-23-19(16-17(2)3)21(25)24-20(18(4)5)22(26)27/h6,17-20,23H,1,7-16H2,2-5H3,(H,24,25)(H,26,27)/t19-,20-/m0/s1. The number of carboxylic acids is 1. The third-order valence-corrected chi connectivity index (χ3v) is 4.73. The second-order valence-electron chi connectivity index (χ2n) is 8.26. The number of allylic oxidation sites excluding steroid dienone is 1. The maximum Gasteiger partial charge on any atom is 0.326 e. The maximum atomic E-state index is 12.5. The highest BCUT2D eigenvalue weighted by Crippen LogP contribution is 2.10. The minimum Gasteiger partial charge on any atom is -0.480 e. The summed E-state index contributed by atoms with van der Waals surface area (Å²) in [4.78, 5) is 23.9. The molecule has 0 saturated heterocycles. The van der Waals surface area contributed by atoms with Crippen LogP contribution >= 0.6 is 0 Å². The Morgan fingerprint density at radius 2 is 1.52 bits per heavy atom. The molecule has 0 aliphatic heterocycles. The molecule has 0 saturated carbocycles. The van der Waals surface area contributed by atoms with Crippen LogP contribution in [-0.4, -0.2) is 35.6 Å². The van der Waals surface area contributed by atoms with E-state index in [2.05, 4.69) is 31.1 Å². The second-order valence-corrected chi connectivity index (χ2v) is 8.26. The normalized spacial score (nSPS) is 13.6. The molecule has 5 heteroatoms. The number of hydrogen-bond acceptors (Lipinski definition) is 3. The van der Waals surface area contributed by atoms with E-state index >= 15 is 0 Å². The SMILES string of the molecule is C=CCCCCCCCCCN[C@@H](CC(C)C)C(=O)N[C@H](C(=O)O)C(C)C. The molecule has 0 radical (unpaired) electrons. The monoisotopic (exact) mass is 382 g/mol. The predicted molar refractivity (Wildman–Crippen MR) is 113 cm³/mol. The zero-order valence-corrected chi connectivity index (χ0v) is 17.9. The number of aliphatic carboxylic acids is 1. The summed E-state index contributed by atoms with van der Waals surface area (Å²) in [6, 6.07) is -1.17. The van der Waals surface area contributed by atoms with Gasteiger partial charge in [0.15, 0.2) is 0 Å². The molecular weight excluding hydrogens is 340 g/mol. The Morgan fingerprint density at radius 3 is 2.00 bits per heavy atom. The van der Waals surface area contributed by atoms with Crippen LogP contribution in [-0.2, 0) is 9.59 Å². The van der Waals surface area contributed by atoms with Gasteiger partial charge in [0.05, 0.1) is 6.04 Å². The van der Waals surface area contributed by atoms with Crippen molar-refractivity contribution in [2.75, 3.05) is 6.54 Å². The molecule has 2 atom stereocenters. The predicted octanol–water partition coefficient (Wildman–Crippen LogP) is 4.52. The number of nitrogens with one attached hydrogen (secondary N) is 2. The van der Waals surface area contributed by atoms with E-state index in [0.717, 1.165) is 25.8 Å². The van der Waals surface area contributed by atoms with Gasteiger partial charge in [0.25, 0.3) is 0 Å². The summed E-state index contributed by atoms with van der Waals surface area (Å²) in [6.07, 6.45) is 12.3. The fourth-order valence-electron chi connectivity index (χ4n) is 3.10. The van der Waals surface area contributed by atoms with Crippen molar-refractivity contribution in [3.05, 3.63) is 12.7 Å². The average Bonchev–Trinajstić information content (AvgIpc) is 2.59. The van der Waals surface area contributed by atoms with E-state index in [1.54, 1.807) is 13.8 Å². The van der Waals surface area contributed by atoms with E-state index in [4.69, 9.17) is 0 Å². The molecule has 0 aliphatic carbocycles. The van der Waals surface area contributed by atoms with E-state index < -0.39 is 12.0 Å². The minimum absolute atomic E-state index is 0.141. The van der Waals surface area contributed by atoms with Crippen LogP contribution in [0.3, 0.4) is 0 Å². The van der Waals surface area contributed by atoms with Gasteiger partial charge in [-0.05, 0) is 44.1 Å². The van der Waals surface area contributed by atoms with Crippen LogP contribution in [0.4, 0.5) is 0 Å². The summed E-state index contributed by atoms with van der Waals surface area (Å²) in [6.45, 7) is 12.3. The van der Waals surface area contributed by atoms with Gasteiger partial charge in [-0.2, -0.15) is 0 Å². The van der Waals surface area contributed by atoms with Crippen molar-refractivity contribution in [3.8, 4) is 0 Å². The first kappa shape index (κ1) is 25.6. The lowest BCUT2D eigenvalue weighted by molar-refractivity contribution is -0.143. The number of unbranched alkanes of at least 4 members (excludes halogenated alkanes) is 7. The highest BCUT2D eigenvalue weighted by molar-refractivity contribution is 5.87. The average molecular weight is 383 g/mol. The van der Waals surface area contributed by atoms with Crippen molar-refractivity contribution in [1.82, 2.24) is 10.6 Å². The van der Waals surface area contributed by atoms with Crippen molar-refractivity contribution in [1.29, 1.82) is 0 Å². The van der Waals surface area contributed by atoms with E-state index in [9.17, 15) is 14.7 Å². The van der Waals surface area contributed by atoms with Gasteiger partial charge >= 0.3 is 5.97 Å². The summed E-state index contributed by atoms with van der Waals surface area (Å²) < 4.78 is 0.